The van der Waals surface area contributed by atoms with Gasteiger partial charge in [-0.2, -0.15) is 0 Å². The van der Waals surface area contributed by atoms with Crippen molar-refractivity contribution in [2.45, 2.75) is 45.8 Å². The largest absolute Gasteiger partial charge is 0.491 e. The van der Waals surface area contributed by atoms with E-state index in [1.165, 1.54) is 0 Å². The van der Waals surface area contributed by atoms with Crippen LogP contribution in [0.15, 0.2) is 24.3 Å². The van der Waals surface area contributed by atoms with Crippen LogP contribution in [-0.2, 0) is 4.79 Å². The number of likely N-dealkylation sites (tertiary alicyclic amines) is 1. The van der Waals surface area contributed by atoms with E-state index in [0.29, 0.717) is 13.2 Å². The van der Waals surface area contributed by atoms with Gasteiger partial charge in [0, 0.05) is 25.6 Å². The van der Waals surface area contributed by atoms with Crippen LogP contribution in [-0.4, -0.2) is 66.2 Å². The Morgan fingerprint density at radius 3 is 2.56 bits per heavy atom. The zero-order chi connectivity index (χ0) is 18.4. The Balaban J connectivity index is 1.72. The molecule has 25 heavy (non-hydrogen) atoms. The second kappa shape index (κ2) is 9.20. The van der Waals surface area contributed by atoms with Gasteiger partial charge in [0.25, 0.3) is 0 Å². The first-order chi connectivity index (χ1) is 11.9. The van der Waals surface area contributed by atoms with E-state index in [1.54, 1.807) is 0 Å². The number of hydrogen-bond acceptors (Lipinski definition) is 4. The van der Waals surface area contributed by atoms with Gasteiger partial charge in [0.15, 0.2) is 0 Å². The summed E-state index contributed by atoms with van der Waals surface area (Å²) in [5.41, 5.74) is 1.07. The zero-order valence-electron chi connectivity index (χ0n) is 15.9. The molecule has 1 aliphatic rings. The first kappa shape index (κ1) is 19.7. The molecule has 0 spiro atoms. The molecule has 2 rings (SSSR count). The van der Waals surface area contributed by atoms with Crippen molar-refractivity contribution >= 4 is 5.91 Å². The van der Waals surface area contributed by atoms with Crippen LogP contribution in [0, 0.1) is 12.8 Å². The lowest BCUT2D eigenvalue weighted by molar-refractivity contribution is -0.137. The average Bonchev–Trinajstić information content (AvgIpc) is 2.60. The van der Waals surface area contributed by atoms with Crippen molar-refractivity contribution in [1.82, 2.24) is 9.80 Å². The van der Waals surface area contributed by atoms with Crippen molar-refractivity contribution in [3.8, 4) is 5.75 Å². The van der Waals surface area contributed by atoms with Crippen LogP contribution in [0.25, 0.3) is 0 Å². The number of carbonyl (C=O) groups excluding carboxylic acids is 1. The number of nitrogens with zero attached hydrogens (tertiary/aromatic N) is 2. The fourth-order valence-corrected chi connectivity index (χ4v) is 3.16. The molecule has 0 bridgehead atoms. The van der Waals surface area contributed by atoms with E-state index in [0.717, 1.165) is 37.2 Å². The highest BCUT2D eigenvalue weighted by Crippen LogP contribution is 2.21. The van der Waals surface area contributed by atoms with E-state index in [-0.39, 0.29) is 17.9 Å². The Bertz CT molecular complexity index is 554. The van der Waals surface area contributed by atoms with E-state index in [9.17, 15) is 9.90 Å². The minimum atomic E-state index is -0.523. The van der Waals surface area contributed by atoms with Crippen molar-refractivity contribution in [2.75, 3.05) is 33.3 Å². The van der Waals surface area contributed by atoms with Crippen molar-refractivity contribution in [2.24, 2.45) is 5.92 Å². The molecule has 0 aromatic heterocycles. The second-order valence-corrected chi connectivity index (χ2v) is 7.35. The van der Waals surface area contributed by atoms with E-state index < -0.39 is 6.10 Å². The number of β-amino-alcohol motifs (C(OH)–C–C–N with tert-alkyl or cyclic N) is 1. The van der Waals surface area contributed by atoms with Crippen LogP contribution in [0.4, 0.5) is 0 Å². The van der Waals surface area contributed by atoms with Crippen LogP contribution in [0.3, 0.4) is 0 Å². The quantitative estimate of drug-likeness (QED) is 0.822. The smallest absolute Gasteiger partial charge is 0.225 e. The summed E-state index contributed by atoms with van der Waals surface area (Å²) in [6.07, 6.45) is 1.20. The molecule has 1 aliphatic heterocycles. The van der Waals surface area contributed by atoms with Gasteiger partial charge in [-0.05, 0) is 58.3 Å². The summed E-state index contributed by atoms with van der Waals surface area (Å²) in [5, 5.41) is 10.2. The van der Waals surface area contributed by atoms with E-state index in [4.69, 9.17) is 4.74 Å². The maximum atomic E-state index is 12.4. The summed E-state index contributed by atoms with van der Waals surface area (Å²) in [6.45, 7) is 8.66. The molecule has 5 nitrogen and oxygen atoms in total. The van der Waals surface area contributed by atoms with Gasteiger partial charge in [0.1, 0.15) is 18.5 Å². The fourth-order valence-electron chi connectivity index (χ4n) is 3.16. The molecule has 1 unspecified atom stereocenters. The molecule has 1 aromatic carbocycles. The number of aliphatic hydroxyl groups excluding tert-OH is 1. The van der Waals surface area contributed by atoms with E-state index in [2.05, 4.69) is 4.90 Å². The Labute approximate surface area is 151 Å². The van der Waals surface area contributed by atoms with Gasteiger partial charge in [-0.25, -0.2) is 0 Å². The van der Waals surface area contributed by atoms with Crippen molar-refractivity contribution in [1.29, 1.82) is 0 Å². The Morgan fingerprint density at radius 2 is 1.96 bits per heavy atom. The highest BCUT2D eigenvalue weighted by atomic mass is 16.5. The third-order valence-corrected chi connectivity index (χ3v) is 5.05. The molecule has 1 fully saturated rings. The monoisotopic (exact) mass is 348 g/mol. The molecule has 1 atom stereocenters. The van der Waals surface area contributed by atoms with Crippen molar-refractivity contribution < 1.29 is 14.6 Å². The SMILES string of the molecule is Cc1ccccc1OCC(O)CN1CCC(C(=O)N(C)C(C)C)CC1. The molecule has 1 aromatic rings. The van der Waals surface area contributed by atoms with Gasteiger partial charge in [-0.15, -0.1) is 0 Å². The molecule has 0 saturated carbocycles. The number of aliphatic hydroxyl groups is 1. The first-order valence-electron chi connectivity index (χ1n) is 9.24. The topological polar surface area (TPSA) is 53.0 Å². The van der Waals surface area contributed by atoms with Crippen molar-refractivity contribution in [3.05, 3.63) is 29.8 Å². The lowest BCUT2D eigenvalue weighted by Gasteiger charge is -2.35. The maximum Gasteiger partial charge on any atom is 0.225 e. The summed E-state index contributed by atoms with van der Waals surface area (Å²) < 4.78 is 5.72. The Morgan fingerprint density at radius 1 is 1.32 bits per heavy atom. The molecule has 5 heteroatoms. The summed E-state index contributed by atoms with van der Waals surface area (Å²) in [7, 11) is 1.88. The predicted octanol–water partition coefficient (Wildman–Crippen LogP) is 2.31. The zero-order valence-corrected chi connectivity index (χ0v) is 15.9. The van der Waals surface area contributed by atoms with Gasteiger partial charge >= 0.3 is 0 Å². The number of ether oxygens (including phenoxy) is 1. The van der Waals surface area contributed by atoms with E-state index >= 15 is 0 Å². The molecule has 0 aliphatic carbocycles. The first-order valence-corrected chi connectivity index (χ1v) is 9.24. The highest BCUT2D eigenvalue weighted by molar-refractivity contribution is 5.78. The van der Waals surface area contributed by atoms with Gasteiger partial charge in [0.05, 0.1) is 0 Å². The Kier molecular flexibility index (Phi) is 7.26. The summed E-state index contributed by atoms with van der Waals surface area (Å²) in [6, 6.07) is 8.07. The van der Waals surface area contributed by atoms with Gasteiger partial charge < -0.3 is 19.6 Å². The number of amides is 1. The summed E-state index contributed by atoms with van der Waals surface area (Å²) in [5.74, 6) is 1.18. The number of carbonyl (C=O) groups is 1. The third kappa shape index (κ3) is 5.72. The van der Waals surface area contributed by atoms with Gasteiger partial charge in [0.2, 0.25) is 5.91 Å². The van der Waals surface area contributed by atoms with Gasteiger partial charge in [-0.3, -0.25) is 4.79 Å². The highest BCUT2D eigenvalue weighted by Gasteiger charge is 2.28. The van der Waals surface area contributed by atoms with Crippen LogP contribution < -0.4 is 4.74 Å². The fraction of sp³-hybridized carbons (Fsp3) is 0.650. The minimum absolute atomic E-state index is 0.115. The molecule has 0 radical (unpaired) electrons. The number of benzene rings is 1. The molecule has 1 amide bonds. The molecule has 140 valence electrons. The summed E-state index contributed by atoms with van der Waals surface area (Å²) in [4.78, 5) is 16.5. The lowest BCUT2D eigenvalue weighted by Crippen LogP contribution is -2.45. The van der Waals surface area contributed by atoms with Crippen LogP contribution in [0.5, 0.6) is 5.75 Å². The average molecular weight is 348 g/mol. The van der Waals surface area contributed by atoms with Gasteiger partial charge in [-0.1, -0.05) is 18.2 Å². The van der Waals surface area contributed by atoms with Crippen LogP contribution in [0.1, 0.15) is 32.3 Å². The number of piperidine rings is 1. The lowest BCUT2D eigenvalue weighted by atomic mass is 9.95. The normalized spacial score (nSPS) is 17.5. The van der Waals surface area contributed by atoms with Crippen molar-refractivity contribution in [3.63, 3.8) is 0 Å². The third-order valence-electron chi connectivity index (χ3n) is 5.05. The van der Waals surface area contributed by atoms with Crippen LogP contribution >= 0.6 is 0 Å². The minimum Gasteiger partial charge on any atom is -0.491 e. The molecular formula is C20H32N2O3. The van der Waals surface area contributed by atoms with E-state index in [1.807, 2.05) is 57.0 Å². The Hall–Kier alpha value is -1.59. The molecule has 1 N–H and O–H groups in total. The summed E-state index contributed by atoms with van der Waals surface area (Å²) >= 11 is 0. The maximum absolute atomic E-state index is 12.4. The standard InChI is InChI=1S/C20H32N2O3/c1-15(2)21(4)20(24)17-9-11-22(12-10-17)13-18(23)14-25-19-8-6-5-7-16(19)3/h5-8,15,17-18,23H,9-14H2,1-4H3. The number of rotatable bonds is 7. The van der Waals surface area contributed by atoms with Crippen LogP contribution in [0.2, 0.25) is 0 Å². The number of aryl methyl sites for hydroxylation is 1. The number of para-hydroxylation sites is 1. The molecule has 1 heterocycles. The predicted molar refractivity (Wildman–Crippen MR) is 99.8 cm³/mol. The molecule has 1 saturated heterocycles. The number of hydrogen-bond donors (Lipinski definition) is 1. The molecular weight excluding hydrogens is 316 g/mol. The second-order valence-electron chi connectivity index (χ2n) is 7.35.